The summed E-state index contributed by atoms with van der Waals surface area (Å²) in [5.74, 6) is 0.341. The Morgan fingerprint density at radius 3 is 2.92 bits per heavy atom. The number of phenols is 1. The first-order valence-corrected chi connectivity index (χ1v) is 4.36. The van der Waals surface area contributed by atoms with Crippen LogP contribution in [0.5, 0.6) is 5.75 Å². The molecule has 0 spiro atoms. The van der Waals surface area contributed by atoms with E-state index in [-0.39, 0.29) is 0 Å². The van der Waals surface area contributed by atoms with Crippen molar-refractivity contribution in [2.75, 3.05) is 0 Å². The van der Waals surface area contributed by atoms with Crippen LogP contribution in [0.4, 0.5) is 0 Å². The summed E-state index contributed by atoms with van der Waals surface area (Å²) in [5.41, 5.74) is 1.82. The predicted molar refractivity (Wildman–Crippen MR) is 51.8 cm³/mol. The highest BCUT2D eigenvalue weighted by atomic mass is 16.3. The third-order valence-electron chi connectivity index (χ3n) is 2.20. The van der Waals surface area contributed by atoms with Gasteiger partial charge in [0.15, 0.2) is 0 Å². The summed E-state index contributed by atoms with van der Waals surface area (Å²) in [6.07, 6.45) is 2.80. The summed E-state index contributed by atoms with van der Waals surface area (Å²) >= 11 is 0. The van der Waals surface area contributed by atoms with Crippen molar-refractivity contribution in [3.63, 3.8) is 0 Å². The van der Waals surface area contributed by atoms with E-state index in [1.807, 2.05) is 26.2 Å². The van der Waals surface area contributed by atoms with Crippen LogP contribution >= 0.6 is 0 Å². The summed E-state index contributed by atoms with van der Waals surface area (Å²) < 4.78 is 1.75. The predicted octanol–water partition coefficient (Wildman–Crippen LogP) is 1.84. The third-order valence-corrected chi connectivity index (χ3v) is 2.20. The topological polar surface area (TPSA) is 38.0 Å². The van der Waals surface area contributed by atoms with Crippen molar-refractivity contribution < 1.29 is 5.11 Å². The molecule has 0 radical (unpaired) electrons. The third kappa shape index (κ3) is 1.26. The Kier molecular flexibility index (Phi) is 1.72. The molecule has 2 aromatic rings. The first kappa shape index (κ1) is 8.10. The number of fused-ring (bicyclic) bond motifs is 1. The van der Waals surface area contributed by atoms with Gasteiger partial charge in [0.1, 0.15) is 5.75 Å². The number of phenolic OH excluding ortho intramolecular Hbond substituents is 1. The van der Waals surface area contributed by atoms with Crippen molar-refractivity contribution >= 4 is 10.9 Å². The van der Waals surface area contributed by atoms with E-state index in [4.69, 9.17) is 0 Å². The Bertz CT molecular complexity index is 445. The minimum atomic E-state index is 0.341. The molecule has 0 atom stereocenters. The lowest BCUT2D eigenvalue weighted by atomic mass is 10.1. The van der Waals surface area contributed by atoms with Crippen LogP contribution in [0, 0.1) is 0 Å². The van der Waals surface area contributed by atoms with Gasteiger partial charge in [0, 0.05) is 24.7 Å². The van der Waals surface area contributed by atoms with E-state index in [1.165, 1.54) is 0 Å². The van der Waals surface area contributed by atoms with Gasteiger partial charge in [-0.05, 0) is 18.1 Å². The summed E-state index contributed by atoms with van der Waals surface area (Å²) in [6.45, 7) is 2.03. The van der Waals surface area contributed by atoms with E-state index >= 15 is 0 Å². The number of benzene rings is 1. The molecule has 0 unspecified atom stereocenters. The Morgan fingerprint density at radius 1 is 1.46 bits per heavy atom. The lowest BCUT2D eigenvalue weighted by molar-refractivity contribution is 0.469. The SMILES string of the molecule is CCc1cc2cn(C)nc2cc1O. The molecule has 0 saturated carbocycles. The maximum atomic E-state index is 9.57. The average molecular weight is 176 g/mol. The second kappa shape index (κ2) is 2.76. The molecule has 1 aromatic carbocycles. The van der Waals surface area contributed by atoms with Crippen molar-refractivity contribution in [3.05, 3.63) is 23.9 Å². The molecule has 3 nitrogen and oxygen atoms in total. The zero-order valence-electron chi connectivity index (χ0n) is 7.78. The Morgan fingerprint density at radius 2 is 2.23 bits per heavy atom. The molecule has 0 saturated heterocycles. The number of aromatic nitrogens is 2. The van der Waals surface area contributed by atoms with Crippen LogP contribution in [-0.4, -0.2) is 14.9 Å². The number of rotatable bonds is 1. The highest BCUT2D eigenvalue weighted by Gasteiger charge is 2.04. The number of hydrogen-bond donors (Lipinski definition) is 1. The fourth-order valence-electron chi connectivity index (χ4n) is 1.51. The molecule has 3 heteroatoms. The van der Waals surface area contributed by atoms with Crippen LogP contribution < -0.4 is 0 Å². The van der Waals surface area contributed by atoms with Gasteiger partial charge in [-0.3, -0.25) is 4.68 Å². The van der Waals surface area contributed by atoms with Crippen LogP contribution in [0.2, 0.25) is 0 Å². The second-order valence-corrected chi connectivity index (χ2v) is 3.20. The van der Waals surface area contributed by atoms with Crippen molar-refractivity contribution in [3.8, 4) is 5.75 Å². The summed E-state index contributed by atoms with van der Waals surface area (Å²) in [7, 11) is 1.88. The van der Waals surface area contributed by atoms with Crippen molar-refractivity contribution in [2.45, 2.75) is 13.3 Å². The normalized spacial score (nSPS) is 10.9. The van der Waals surface area contributed by atoms with Crippen LogP contribution in [0.15, 0.2) is 18.3 Å². The summed E-state index contributed by atoms with van der Waals surface area (Å²) in [4.78, 5) is 0. The van der Waals surface area contributed by atoms with Gasteiger partial charge in [-0.1, -0.05) is 6.92 Å². The Hall–Kier alpha value is -1.51. The molecular formula is C10H12N2O. The fraction of sp³-hybridized carbons (Fsp3) is 0.300. The highest BCUT2D eigenvalue weighted by molar-refractivity contribution is 5.80. The maximum absolute atomic E-state index is 9.57. The molecule has 1 N–H and O–H groups in total. The van der Waals surface area contributed by atoms with Crippen LogP contribution in [0.3, 0.4) is 0 Å². The Labute approximate surface area is 76.6 Å². The zero-order chi connectivity index (χ0) is 9.42. The Balaban J connectivity index is 2.72. The number of nitrogens with zero attached hydrogens (tertiary/aromatic N) is 2. The van der Waals surface area contributed by atoms with Crippen molar-refractivity contribution in [1.82, 2.24) is 9.78 Å². The van der Waals surface area contributed by atoms with E-state index in [9.17, 15) is 5.11 Å². The van der Waals surface area contributed by atoms with Gasteiger partial charge in [0.25, 0.3) is 0 Å². The van der Waals surface area contributed by atoms with Gasteiger partial charge < -0.3 is 5.11 Å². The van der Waals surface area contributed by atoms with Crippen molar-refractivity contribution in [2.24, 2.45) is 7.05 Å². The van der Waals surface area contributed by atoms with E-state index in [0.717, 1.165) is 22.9 Å². The van der Waals surface area contributed by atoms with E-state index in [2.05, 4.69) is 5.10 Å². The lowest BCUT2D eigenvalue weighted by Gasteiger charge is -1.99. The number of aryl methyl sites for hydroxylation is 2. The second-order valence-electron chi connectivity index (χ2n) is 3.20. The van der Waals surface area contributed by atoms with E-state index in [1.54, 1.807) is 10.7 Å². The maximum Gasteiger partial charge on any atom is 0.121 e. The quantitative estimate of drug-likeness (QED) is 0.720. The van der Waals surface area contributed by atoms with Gasteiger partial charge in [-0.15, -0.1) is 0 Å². The van der Waals surface area contributed by atoms with Crippen molar-refractivity contribution in [1.29, 1.82) is 0 Å². The first-order valence-electron chi connectivity index (χ1n) is 4.36. The molecular weight excluding hydrogens is 164 g/mol. The minimum absolute atomic E-state index is 0.341. The molecule has 1 aromatic heterocycles. The highest BCUT2D eigenvalue weighted by Crippen LogP contribution is 2.24. The smallest absolute Gasteiger partial charge is 0.121 e. The molecule has 0 fully saturated rings. The summed E-state index contributed by atoms with van der Waals surface area (Å²) in [6, 6.07) is 3.70. The monoisotopic (exact) mass is 176 g/mol. The van der Waals surface area contributed by atoms with E-state index < -0.39 is 0 Å². The largest absolute Gasteiger partial charge is 0.508 e. The van der Waals surface area contributed by atoms with Gasteiger partial charge >= 0.3 is 0 Å². The fourth-order valence-corrected chi connectivity index (χ4v) is 1.51. The number of aromatic hydroxyl groups is 1. The van der Waals surface area contributed by atoms with E-state index in [0.29, 0.717) is 5.75 Å². The molecule has 13 heavy (non-hydrogen) atoms. The molecule has 2 rings (SSSR count). The van der Waals surface area contributed by atoms with Gasteiger partial charge in [0.05, 0.1) is 5.52 Å². The van der Waals surface area contributed by atoms with Gasteiger partial charge in [-0.2, -0.15) is 5.10 Å². The lowest BCUT2D eigenvalue weighted by Crippen LogP contribution is -1.84. The molecule has 0 aliphatic carbocycles. The van der Waals surface area contributed by atoms with Crippen LogP contribution in [-0.2, 0) is 13.5 Å². The zero-order valence-corrected chi connectivity index (χ0v) is 7.78. The average Bonchev–Trinajstić information content (AvgIpc) is 2.42. The first-order chi connectivity index (χ1) is 6.20. The minimum Gasteiger partial charge on any atom is -0.508 e. The molecule has 0 aliphatic heterocycles. The summed E-state index contributed by atoms with van der Waals surface area (Å²) in [5, 5.41) is 14.9. The molecule has 1 heterocycles. The van der Waals surface area contributed by atoms with Crippen LogP contribution in [0.25, 0.3) is 10.9 Å². The van der Waals surface area contributed by atoms with Gasteiger partial charge in [-0.25, -0.2) is 0 Å². The molecule has 0 aliphatic rings. The van der Waals surface area contributed by atoms with Crippen LogP contribution in [0.1, 0.15) is 12.5 Å². The number of hydrogen-bond acceptors (Lipinski definition) is 2. The molecule has 0 bridgehead atoms. The van der Waals surface area contributed by atoms with Gasteiger partial charge in [0.2, 0.25) is 0 Å². The molecule has 68 valence electrons. The molecule has 0 amide bonds. The standard InChI is InChI=1S/C10H12N2O/c1-3-7-4-8-6-12(2)11-9(8)5-10(7)13/h4-6,13H,3H2,1-2H3.